The third-order valence-corrected chi connectivity index (χ3v) is 3.99. The molecule has 1 aromatic heterocycles. The monoisotopic (exact) mass is 296 g/mol. The second-order valence-corrected chi connectivity index (χ2v) is 5.56. The van der Waals surface area contributed by atoms with Gasteiger partial charge in [-0.05, 0) is 48.9 Å². The number of nitrogens with one attached hydrogen (secondary N) is 1. The molecule has 3 aromatic rings. The Morgan fingerprint density at radius 1 is 1.10 bits per heavy atom. The average Bonchev–Trinajstić information content (AvgIpc) is 2.54. The van der Waals surface area contributed by atoms with Crippen LogP contribution in [0, 0.1) is 0 Å². The van der Waals surface area contributed by atoms with Gasteiger partial charge in [0.25, 0.3) is 0 Å². The molecule has 0 aliphatic rings. The van der Waals surface area contributed by atoms with Crippen molar-refractivity contribution < 1.29 is 0 Å². The summed E-state index contributed by atoms with van der Waals surface area (Å²) in [5.74, 6) is 0. The van der Waals surface area contributed by atoms with Gasteiger partial charge in [0.15, 0.2) is 0 Å². The van der Waals surface area contributed by atoms with Crippen LogP contribution in [-0.2, 0) is 6.42 Å². The lowest BCUT2D eigenvalue weighted by Gasteiger charge is -2.17. The predicted molar refractivity (Wildman–Crippen MR) is 88.7 cm³/mol. The van der Waals surface area contributed by atoms with Crippen molar-refractivity contribution in [3.63, 3.8) is 0 Å². The van der Waals surface area contributed by atoms with E-state index in [0.29, 0.717) is 0 Å². The van der Waals surface area contributed by atoms with Crippen LogP contribution in [0.3, 0.4) is 0 Å². The first-order valence-corrected chi connectivity index (χ1v) is 7.40. The van der Waals surface area contributed by atoms with Crippen molar-refractivity contribution in [1.29, 1.82) is 0 Å². The number of hydrogen-bond acceptors (Lipinski definition) is 2. The van der Waals surface area contributed by atoms with E-state index in [1.165, 1.54) is 16.5 Å². The van der Waals surface area contributed by atoms with E-state index in [0.717, 1.165) is 17.0 Å². The molecule has 0 saturated carbocycles. The first-order valence-electron chi connectivity index (χ1n) is 7.02. The van der Waals surface area contributed by atoms with Gasteiger partial charge in [0.2, 0.25) is 0 Å². The second kappa shape index (κ2) is 6.25. The number of halogens is 1. The van der Waals surface area contributed by atoms with Crippen LogP contribution in [-0.4, -0.2) is 12.0 Å². The zero-order valence-corrected chi connectivity index (χ0v) is 12.6. The van der Waals surface area contributed by atoms with Gasteiger partial charge >= 0.3 is 0 Å². The lowest BCUT2D eigenvalue weighted by molar-refractivity contribution is 0.592. The Balaban J connectivity index is 1.88. The largest absolute Gasteiger partial charge is 0.313 e. The molecule has 3 rings (SSSR count). The number of nitrogens with zero attached hydrogens (tertiary/aromatic N) is 1. The van der Waals surface area contributed by atoms with Crippen molar-refractivity contribution in [2.45, 2.75) is 12.5 Å². The molecule has 0 aliphatic heterocycles. The van der Waals surface area contributed by atoms with Crippen LogP contribution in [0.15, 0.2) is 60.8 Å². The number of hydrogen-bond donors (Lipinski definition) is 1. The normalized spacial score (nSPS) is 12.5. The number of pyridine rings is 1. The average molecular weight is 297 g/mol. The van der Waals surface area contributed by atoms with Crippen LogP contribution in [0.5, 0.6) is 0 Å². The van der Waals surface area contributed by atoms with Gasteiger partial charge in [-0.25, -0.2) is 0 Å². The summed E-state index contributed by atoms with van der Waals surface area (Å²) in [6, 6.07) is 18.8. The van der Waals surface area contributed by atoms with Gasteiger partial charge in [0, 0.05) is 22.6 Å². The molecule has 1 N–H and O–H groups in total. The van der Waals surface area contributed by atoms with Crippen LogP contribution in [0.2, 0.25) is 5.02 Å². The van der Waals surface area contributed by atoms with E-state index in [1.54, 1.807) is 0 Å². The van der Waals surface area contributed by atoms with E-state index in [2.05, 4.69) is 46.7 Å². The molecule has 3 heteroatoms. The fraction of sp³-hybridized carbons (Fsp3) is 0.167. The van der Waals surface area contributed by atoms with Gasteiger partial charge in [-0.2, -0.15) is 0 Å². The van der Waals surface area contributed by atoms with Gasteiger partial charge in [-0.15, -0.1) is 0 Å². The summed E-state index contributed by atoms with van der Waals surface area (Å²) in [6.07, 6.45) is 2.76. The molecule has 0 radical (unpaired) electrons. The molecule has 2 aromatic carbocycles. The maximum Gasteiger partial charge on any atom is 0.0705 e. The highest BCUT2D eigenvalue weighted by Crippen LogP contribution is 2.22. The minimum absolute atomic E-state index is 0.262. The smallest absolute Gasteiger partial charge is 0.0705 e. The highest BCUT2D eigenvalue weighted by Gasteiger charge is 2.11. The van der Waals surface area contributed by atoms with Crippen LogP contribution in [0.4, 0.5) is 0 Å². The Labute approximate surface area is 129 Å². The van der Waals surface area contributed by atoms with Crippen molar-refractivity contribution in [2.75, 3.05) is 7.05 Å². The maximum absolute atomic E-state index is 5.94. The molecule has 0 bridgehead atoms. The van der Waals surface area contributed by atoms with Gasteiger partial charge in [0.1, 0.15) is 0 Å². The maximum atomic E-state index is 5.94. The molecule has 0 fully saturated rings. The molecule has 2 nitrogen and oxygen atoms in total. The third-order valence-electron chi connectivity index (χ3n) is 3.73. The molecular weight excluding hydrogens is 280 g/mol. The Kier molecular flexibility index (Phi) is 4.18. The van der Waals surface area contributed by atoms with E-state index < -0.39 is 0 Å². The predicted octanol–water partition coefficient (Wildman–Crippen LogP) is 4.39. The quantitative estimate of drug-likeness (QED) is 0.772. The van der Waals surface area contributed by atoms with E-state index in [9.17, 15) is 0 Å². The number of fused-ring (bicyclic) bond motifs is 1. The molecular formula is C18H17ClN2. The van der Waals surface area contributed by atoms with Crippen molar-refractivity contribution in [3.05, 3.63) is 76.9 Å². The standard InChI is InChI=1S/C18H17ClN2/c1-20-17(11-13-4-8-16(19)9-5-13)15-7-6-14-3-2-10-21-18(14)12-15/h2-10,12,17,20H,11H2,1H3. The molecule has 0 saturated heterocycles. The summed E-state index contributed by atoms with van der Waals surface area (Å²) < 4.78 is 0. The van der Waals surface area contributed by atoms with Crippen LogP contribution < -0.4 is 5.32 Å². The number of aromatic nitrogens is 1. The molecule has 106 valence electrons. The first kappa shape index (κ1) is 14.1. The number of benzene rings is 2. The Morgan fingerprint density at radius 3 is 2.67 bits per heavy atom. The highest BCUT2D eigenvalue weighted by molar-refractivity contribution is 6.30. The minimum Gasteiger partial charge on any atom is -0.313 e. The van der Waals surface area contributed by atoms with E-state index >= 15 is 0 Å². The summed E-state index contributed by atoms with van der Waals surface area (Å²) in [5.41, 5.74) is 3.55. The summed E-state index contributed by atoms with van der Waals surface area (Å²) in [4.78, 5) is 4.43. The van der Waals surface area contributed by atoms with Crippen LogP contribution in [0.25, 0.3) is 10.9 Å². The molecule has 0 amide bonds. The topological polar surface area (TPSA) is 24.9 Å². The van der Waals surface area contributed by atoms with Gasteiger partial charge < -0.3 is 5.32 Å². The molecule has 0 spiro atoms. The summed E-state index contributed by atoms with van der Waals surface area (Å²) in [7, 11) is 1.99. The van der Waals surface area contributed by atoms with E-state index in [4.69, 9.17) is 11.6 Å². The fourth-order valence-corrected chi connectivity index (χ4v) is 2.67. The van der Waals surface area contributed by atoms with Crippen molar-refractivity contribution in [3.8, 4) is 0 Å². The van der Waals surface area contributed by atoms with Crippen molar-refractivity contribution >= 4 is 22.5 Å². The fourth-order valence-electron chi connectivity index (χ4n) is 2.54. The van der Waals surface area contributed by atoms with Gasteiger partial charge in [-0.1, -0.05) is 41.9 Å². The lowest BCUT2D eigenvalue weighted by atomic mass is 9.98. The Bertz CT molecular complexity index is 738. The lowest BCUT2D eigenvalue weighted by Crippen LogP contribution is -2.18. The van der Waals surface area contributed by atoms with Gasteiger partial charge in [0.05, 0.1) is 5.52 Å². The Hall–Kier alpha value is -1.90. The van der Waals surface area contributed by atoms with Gasteiger partial charge in [-0.3, -0.25) is 4.98 Å². The molecule has 21 heavy (non-hydrogen) atoms. The molecule has 0 aliphatic carbocycles. The van der Waals surface area contributed by atoms with Crippen molar-refractivity contribution in [2.24, 2.45) is 0 Å². The van der Waals surface area contributed by atoms with E-state index in [-0.39, 0.29) is 6.04 Å². The number of rotatable bonds is 4. The SMILES string of the molecule is CNC(Cc1ccc(Cl)cc1)c1ccc2cccnc2c1. The third kappa shape index (κ3) is 3.23. The van der Waals surface area contributed by atoms with Crippen molar-refractivity contribution in [1.82, 2.24) is 10.3 Å². The zero-order valence-electron chi connectivity index (χ0n) is 11.9. The number of likely N-dealkylation sites (N-methyl/N-ethyl adjacent to an activating group) is 1. The zero-order chi connectivity index (χ0) is 14.7. The van der Waals surface area contributed by atoms with E-state index in [1.807, 2.05) is 31.4 Å². The summed E-state index contributed by atoms with van der Waals surface area (Å²) in [5, 5.41) is 5.33. The highest BCUT2D eigenvalue weighted by atomic mass is 35.5. The first-order chi connectivity index (χ1) is 10.3. The summed E-state index contributed by atoms with van der Waals surface area (Å²) >= 11 is 5.94. The second-order valence-electron chi connectivity index (χ2n) is 5.13. The van der Waals surface area contributed by atoms with Crippen LogP contribution >= 0.6 is 11.6 Å². The summed E-state index contributed by atoms with van der Waals surface area (Å²) in [6.45, 7) is 0. The molecule has 1 unspecified atom stereocenters. The van der Waals surface area contributed by atoms with Crippen LogP contribution in [0.1, 0.15) is 17.2 Å². The minimum atomic E-state index is 0.262. The molecule has 1 atom stereocenters. The molecule has 1 heterocycles. The Morgan fingerprint density at radius 2 is 1.90 bits per heavy atom.